The lowest BCUT2D eigenvalue weighted by Gasteiger charge is -2.05. The van der Waals surface area contributed by atoms with Gasteiger partial charge in [-0.1, -0.05) is 24.3 Å². The van der Waals surface area contributed by atoms with Gasteiger partial charge < -0.3 is 0 Å². The summed E-state index contributed by atoms with van der Waals surface area (Å²) in [6.07, 6.45) is 2.67. The van der Waals surface area contributed by atoms with E-state index in [1.807, 2.05) is 49.7 Å². The molecule has 1 aromatic heterocycles. The van der Waals surface area contributed by atoms with Crippen molar-refractivity contribution >= 4 is 6.29 Å². The van der Waals surface area contributed by atoms with Crippen molar-refractivity contribution in [1.29, 1.82) is 0 Å². The number of carbonyl (C=O) groups is 1. The number of aromatic nitrogens is 2. The van der Waals surface area contributed by atoms with Gasteiger partial charge in [0.2, 0.25) is 0 Å². The number of benzene rings is 1. The van der Waals surface area contributed by atoms with Gasteiger partial charge in [0, 0.05) is 17.8 Å². The van der Waals surface area contributed by atoms with Crippen LogP contribution in [0.25, 0.3) is 11.3 Å². The van der Waals surface area contributed by atoms with Crippen LogP contribution in [0, 0.1) is 6.92 Å². The molecule has 0 radical (unpaired) electrons. The van der Waals surface area contributed by atoms with Crippen LogP contribution in [0.1, 0.15) is 35.8 Å². The molecule has 3 heteroatoms. The maximum Gasteiger partial charge on any atom is 0.153 e. The SMILES string of the molecule is Cc1ccccc1-c1nn(C(C)C)cc1C=O. The Morgan fingerprint density at radius 2 is 2.00 bits per heavy atom. The molecule has 0 aliphatic carbocycles. The third-order valence-electron chi connectivity index (χ3n) is 2.82. The van der Waals surface area contributed by atoms with Crippen LogP contribution in [0.5, 0.6) is 0 Å². The van der Waals surface area contributed by atoms with Crippen molar-refractivity contribution in [2.75, 3.05) is 0 Å². The van der Waals surface area contributed by atoms with E-state index in [9.17, 15) is 4.79 Å². The molecule has 0 spiro atoms. The zero-order valence-electron chi connectivity index (χ0n) is 10.3. The number of nitrogens with zero attached hydrogens (tertiary/aromatic N) is 2. The normalized spacial score (nSPS) is 10.8. The summed E-state index contributed by atoms with van der Waals surface area (Å²) in [6.45, 7) is 6.12. The van der Waals surface area contributed by atoms with Gasteiger partial charge in [-0.25, -0.2) is 0 Å². The summed E-state index contributed by atoms with van der Waals surface area (Å²) < 4.78 is 1.82. The maximum absolute atomic E-state index is 11.1. The average Bonchev–Trinajstić information content (AvgIpc) is 2.73. The molecule has 0 N–H and O–H groups in total. The van der Waals surface area contributed by atoms with Crippen LogP contribution in [0.3, 0.4) is 0 Å². The van der Waals surface area contributed by atoms with Gasteiger partial charge in [0.1, 0.15) is 5.69 Å². The molecule has 3 nitrogen and oxygen atoms in total. The number of hydrogen-bond acceptors (Lipinski definition) is 2. The fourth-order valence-corrected chi connectivity index (χ4v) is 1.80. The van der Waals surface area contributed by atoms with E-state index in [1.165, 1.54) is 0 Å². The highest BCUT2D eigenvalue weighted by Gasteiger charge is 2.13. The number of carbonyl (C=O) groups excluding carboxylic acids is 1. The van der Waals surface area contributed by atoms with Gasteiger partial charge in [-0.15, -0.1) is 0 Å². The highest BCUT2D eigenvalue weighted by atomic mass is 16.1. The Morgan fingerprint density at radius 1 is 1.29 bits per heavy atom. The van der Waals surface area contributed by atoms with E-state index in [-0.39, 0.29) is 6.04 Å². The monoisotopic (exact) mass is 228 g/mol. The molecule has 2 rings (SSSR count). The highest BCUT2D eigenvalue weighted by Crippen LogP contribution is 2.25. The third-order valence-corrected chi connectivity index (χ3v) is 2.82. The smallest absolute Gasteiger partial charge is 0.153 e. The van der Waals surface area contributed by atoms with Gasteiger partial charge in [-0.05, 0) is 26.3 Å². The van der Waals surface area contributed by atoms with Crippen molar-refractivity contribution in [1.82, 2.24) is 9.78 Å². The molecular weight excluding hydrogens is 212 g/mol. The Balaban J connectivity index is 2.59. The summed E-state index contributed by atoms with van der Waals surface area (Å²) in [7, 11) is 0. The van der Waals surface area contributed by atoms with E-state index in [0.29, 0.717) is 5.56 Å². The van der Waals surface area contributed by atoms with Crippen molar-refractivity contribution in [2.45, 2.75) is 26.8 Å². The topological polar surface area (TPSA) is 34.9 Å². The van der Waals surface area contributed by atoms with Crippen LogP contribution in [-0.4, -0.2) is 16.1 Å². The summed E-state index contributed by atoms with van der Waals surface area (Å²) in [4.78, 5) is 11.1. The summed E-state index contributed by atoms with van der Waals surface area (Å²) >= 11 is 0. The Morgan fingerprint density at radius 3 is 2.59 bits per heavy atom. The van der Waals surface area contributed by atoms with Gasteiger partial charge in [0.05, 0.1) is 5.56 Å². The molecule has 0 saturated carbocycles. The molecule has 1 heterocycles. The predicted molar refractivity (Wildman–Crippen MR) is 68.2 cm³/mol. The first kappa shape index (κ1) is 11.6. The maximum atomic E-state index is 11.1. The van der Waals surface area contributed by atoms with E-state index in [4.69, 9.17) is 0 Å². The molecule has 0 bridgehead atoms. The van der Waals surface area contributed by atoms with Gasteiger partial charge in [0.15, 0.2) is 6.29 Å². The fourth-order valence-electron chi connectivity index (χ4n) is 1.80. The van der Waals surface area contributed by atoms with E-state index < -0.39 is 0 Å². The largest absolute Gasteiger partial charge is 0.298 e. The predicted octanol–water partition coefficient (Wildman–Crippen LogP) is 3.25. The quantitative estimate of drug-likeness (QED) is 0.756. The van der Waals surface area contributed by atoms with Gasteiger partial charge in [-0.2, -0.15) is 5.10 Å². The summed E-state index contributed by atoms with van der Waals surface area (Å²) in [5, 5.41) is 4.50. The lowest BCUT2D eigenvalue weighted by Crippen LogP contribution is -2.00. The second-order valence-corrected chi connectivity index (χ2v) is 4.44. The van der Waals surface area contributed by atoms with Gasteiger partial charge in [0.25, 0.3) is 0 Å². The van der Waals surface area contributed by atoms with Crippen LogP contribution >= 0.6 is 0 Å². The average molecular weight is 228 g/mol. The molecule has 17 heavy (non-hydrogen) atoms. The standard InChI is InChI=1S/C14H16N2O/c1-10(2)16-8-12(9-17)14(15-16)13-7-5-4-6-11(13)3/h4-10H,1-3H3. The molecule has 0 atom stereocenters. The van der Waals surface area contributed by atoms with Crippen molar-refractivity contribution in [3.05, 3.63) is 41.6 Å². The van der Waals surface area contributed by atoms with E-state index in [1.54, 1.807) is 6.20 Å². The molecular formula is C14H16N2O. The Bertz CT molecular complexity index is 541. The highest BCUT2D eigenvalue weighted by molar-refractivity contribution is 5.86. The minimum absolute atomic E-state index is 0.256. The number of aryl methyl sites for hydroxylation is 1. The van der Waals surface area contributed by atoms with E-state index in [2.05, 4.69) is 5.10 Å². The van der Waals surface area contributed by atoms with Crippen molar-refractivity contribution in [3.8, 4) is 11.3 Å². The summed E-state index contributed by atoms with van der Waals surface area (Å²) in [5.41, 5.74) is 3.57. The van der Waals surface area contributed by atoms with Crippen LogP contribution in [0.4, 0.5) is 0 Å². The first-order valence-corrected chi connectivity index (χ1v) is 5.74. The molecule has 0 saturated heterocycles. The Hall–Kier alpha value is -1.90. The molecule has 0 amide bonds. The molecule has 2 aromatic rings. The first-order chi connectivity index (χ1) is 8.13. The fraction of sp³-hybridized carbons (Fsp3) is 0.286. The van der Waals surface area contributed by atoms with E-state index in [0.717, 1.165) is 23.1 Å². The summed E-state index contributed by atoms with van der Waals surface area (Å²) in [5.74, 6) is 0. The first-order valence-electron chi connectivity index (χ1n) is 5.74. The number of aldehydes is 1. The van der Waals surface area contributed by atoms with Crippen LogP contribution in [0.2, 0.25) is 0 Å². The Labute approximate surface area is 101 Å². The van der Waals surface area contributed by atoms with Gasteiger partial charge in [-0.3, -0.25) is 9.48 Å². The third kappa shape index (κ3) is 2.13. The zero-order chi connectivity index (χ0) is 12.4. The van der Waals surface area contributed by atoms with Crippen molar-refractivity contribution < 1.29 is 4.79 Å². The molecule has 88 valence electrons. The van der Waals surface area contributed by atoms with Crippen LogP contribution in [-0.2, 0) is 0 Å². The second-order valence-electron chi connectivity index (χ2n) is 4.44. The van der Waals surface area contributed by atoms with Gasteiger partial charge >= 0.3 is 0 Å². The number of rotatable bonds is 3. The van der Waals surface area contributed by atoms with Crippen LogP contribution in [0.15, 0.2) is 30.5 Å². The second kappa shape index (κ2) is 4.53. The van der Waals surface area contributed by atoms with E-state index >= 15 is 0 Å². The minimum Gasteiger partial charge on any atom is -0.298 e. The lowest BCUT2D eigenvalue weighted by atomic mass is 10.0. The molecule has 0 aliphatic rings. The number of hydrogen-bond donors (Lipinski definition) is 0. The molecule has 0 unspecified atom stereocenters. The zero-order valence-corrected chi connectivity index (χ0v) is 10.3. The molecule has 0 aliphatic heterocycles. The lowest BCUT2D eigenvalue weighted by molar-refractivity contribution is 0.112. The Kier molecular flexibility index (Phi) is 3.09. The van der Waals surface area contributed by atoms with Crippen molar-refractivity contribution in [3.63, 3.8) is 0 Å². The summed E-state index contributed by atoms with van der Waals surface area (Å²) in [6, 6.07) is 8.23. The minimum atomic E-state index is 0.256. The molecule has 0 fully saturated rings. The van der Waals surface area contributed by atoms with Crippen LogP contribution < -0.4 is 0 Å². The molecule has 1 aromatic carbocycles. The van der Waals surface area contributed by atoms with Crippen molar-refractivity contribution in [2.24, 2.45) is 0 Å².